The number of nitrogens with one attached hydrogen (secondary N) is 3. The van der Waals surface area contributed by atoms with Gasteiger partial charge >= 0.3 is 0 Å². The Hall–Kier alpha value is -2.34. The first-order chi connectivity index (χ1) is 12.5. The quantitative estimate of drug-likeness (QED) is 0.661. The Bertz CT molecular complexity index is 764. The van der Waals surface area contributed by atoms with E-state index in [1.807, 2.05) is 13.0 Å². The number of hydrogen-bond donors (Lipinski definition) is 4. The van der Waals surface area contributed by atoms with E-state index in [9.17, 15) is 9.59 Å². The predicted molar refractivity (Wildman–Crippen MR) is 103 cm³/mol. The first-order valence-corrected chi connectivity index (χ1v) is 9.37. The molecule has 1 aliphatic rings. The predicted octanol–water partition coefficient (Wildman–Crippen LogP) is 2.29. The van der Waals surface area contributed by atoms with E-state index in [4.69, 9.17) is 5.73 Å². The number of rotatable bonds is 5. The number of nitrogens with two attached hydrogens (primary N) is 1. The summed E-state index contributed by atoms with van der Waals surface area (Å²) in [6.07, 6.45) is 3.88. The second-order valence-electron chi connectivity index (χ2n) is 7.30. The molecule has 1 aromatic carbocycles. The Morgan fingerprint density at radius 2 is 1.69 bits per heavy atom. The lowest BCUT2D eigenvalue weighted by molar-refractivity contribution is -0.121. The molecule has 0 spiro atoms. The maximum Gasteiger partial charge on any atom is 0.267 e. The number of benzene rings is 1. The lowest BCUT2D eigenvalue weighted by Gasteiger charge is -2.29. The largest absolute Gasteiger partial charge is 0.353 e. The van der Waals surface area contributed by atoms with Gasteiger partial charge in [-0.05, 0) is 56.7 Å². The van der Waals surface area contributed by atoms with Crippen LogP contribution >= 0.6 is 0 Å². The van der Waals surface area contributed by atoms with Crippen molar-refractivity contribution in [3.8, 4) is 0 Å². The summed E-state index contributed by atoms with van der Waals surface area (Å²) in [5, 5.41) is 7.25. The molecule has 2 aromatic rings. The summed E-state index contributed by atoms with van der Waals surface area (Å²) in [7, 11) is 0. The van der Waals surface area contributed by atoms with Crippen LogP contribution in [0, 0.1) is 13.8 Å². The molecule has 2 amide bonds. The maximum absolute atomic E-state index is 12.6. The number of fused-ring (bicyclic) bond motifs is 1. The number of amides is 2. The fraction of sp³-hybridized carbons (Fsp3) is 0.500. The van der Waals surface area contributed by atoms with Crippen molar-refractivity contribution >= 4 is 22.7 Å². The third-order valence-electron chi connectivity index (χ3n) is 5.26. The molecule has 6 heteroatoms. The smallest absolute Gasteiger partial charge is 0.267 e. The highest BCUT2D eigenvalue weighted by atomic mass is 16.2. The van der Waals surface area contributed by atoms with Gasteiger partial charge in [-0.25, -0.2) is 0 Å². The second kappa shape index (κ2) is 7.91. The van der Waals surface area contributed by atoms with E-state index in [0.29, 0.717) is 18.7 Å². The second-order valence-corrected chi connectivity index (χ2v) is 7.30. The van der Waals surface area contributed by atoms with Crippen LogP contribution in [0.15, 0.2) is 18.2 Å². The molecule has 1 heterocycles. The number of hydrogen-bond acceptors (Lipinski definition) is 3. The van der Waals surface area contributed by atoms with Gasteiger partial charge in [0.05, 0.1) is 0 Å². The van der Waals surface area contributed by atoms with Gasteiger partial charge in [0.15, 0.2) is 0 Å². The van der Waals surface area contributed by atoms with Crippen molar-refractivity contribution < 1.29 is 9.59 Å². The average molecular weight is 356 g/mol. The molecule has 0 aliphatic heterocycles. The van der Waals surface area contributed by atoms with Gasteiger partial charge in [0.1, 0.15) is 5.69 Å². The number of aryl methyl sites for hydroxylation is 2. The third-order valence-corrected chi connectivity index (χ3v) is 5.26. The molecule has 0 unspecified atom stereocenters. The van der Waals surface area contributed by atoms with E-state index >= 15 is 0 Å². The monoisotopic (exact) mass is 356 g/mol. The zero-order valence-corrected chi connectivity index (χ0v) is 15.5. The Morgan fingerprint density at radius 1 is 1.08 bits per heavy atom. The topological polar surface area (TPSA) is 100 Å². The molecular formula is C20H28N4O2. The van der Waals surface area contributed by atoms with Crippen LogP contribution < -0.4 is 16.4 Å². The molecule has 6 nitrogen and oxygen atoms in total. The van der Waals surface area contributed by atoms with E-state index in [-0.39, 0.29) is 23.9 Å². The van der Waals surface area contributed by atoms with Crippen molar-refractivity contribution in [1.29, 1.82) is 0 Å². The first-order valence-electron chi connectivity index (χ1n) is 9.37. The summed E-state index contributed by atoms with van der Waals surface area (Å²) in [5.41, 5.74) is 9.34. The Labute approximate surface area is 153 Å². The fourth-order valence-corrected chi connectivity index (χ4v) is 3.70. The van der Waals surface area contributed by atoms with Crippen LogP contribution in [0.25, 0.3) is 10.9 Å². The number of aromatic nitrogens is 1. The molecule has 3 rings (SSSR count). The molecule has 0 atom stereocenters. The normalized spacial score (nSPS) is 20.1. The van der Waals surface area contributed by atoms with Crippen molar-refractivity contribution in [2.45, 2.75) is 58.0 Å². The number of carbonyl (C=O) groups excluding carboxylic acids is 2. The zero-order valence-electron chi connectivity index (χ0n) is 15.5. The van der Waals surface area contributed by atoms with Crippen LogP contribution in [0.3, 0.4) is 0 Å². The molecule has 140 valence electrons. The number of aromatic amines is 1. The summed E-state index contributed by atoms with van der Waals surface area (Å²) in [5.74, 6) is -0.0422. The van der Waals surface area contributed by atoms with Crippen LogP contribution in [-0.2, 0) is 4.79 Å². The van der Waals surface area contributed by atoms with Crippen LogP contribution in [0.5, 0.6) is 0 Å². The molecule has 1 aliphatic carbocycles. The van der Waals surface area contributed by atoms with Gasteiger partial charge in [-0.1, -0.05) is 12.1 Å². The van der Waals surface area contributed by atoms with Gasteiger partial charge in [0.2, 0.25) is 5.91 Å². The molecule has 0 bridgehead atoms. The summed E-state index contributed by atoms with van der Waals surface area (Å²) in [6.45, 7) is 4.47. The van der Waals surface area contributed by atoms with Crippen molar-refractivity contribution in [2.24, 2.45) is 5.73 Å². The van der Waals surface area contributed by atoms with Crippen molar-refractivity contribution in [2.75, 3.05) is 6.54 Å². The Kier molecular flexibility index (Phi) is 5.61. The van der Waals surface area contributed by atoms with Gasteiger partial charge < -0.3 is 21.4 Å². The highest BCUT2D eigenvalue weighted by Gasteiger charge is 2.24. The molecule has 1 fully saturated rings. The van der Waals surface area contributed by atoms with Gasteiger partial charge in [-0.2, -0.15) is 0 Å². The lowest BCUT2D eigenvalue weighted by Crippen LogP contribution is -2.44. The Balaban J connectivity index is 1.57. The van der Waals surface area contributed by atoms with E-state index in [2.05, 4.69) is 34.7 Å². The minimum atomic E-state index is -0.0596. The first kappa shape index (κ1) is 18.5. The van der Waals surface area contributed by atoms with Gasteiger partial charge in [0, 0.05) is 36.0 Å². The third kappa shape index (κ3) is 4.07. The molecule has 0 radical (unpaired) electrons. The van der Waals surface area contributed by atoms with Crippen molar-refractivity contribution in [1.82, 2.24) is 15.6 Å². The molecular weight excluding hydrogens is 328 g/mol. The van der Waals surface area contributed by atoms with Crippen LogP contribution in [0.1, 0.15) is 53.7 Å². The maximum atomic E-state index is 12.6. The Morgan fingerprint density at radius 3 is 2.31 bits per heavy atom. The van der Waals surface area contributed by atoms with E-state index in [1.165, 1.54) is 0 Å². The van der Waals surface area contributed by atoms with Crippen LogP contribution in [-0.4, -0.2) is 35.4 Å². The molecule has 1 saturated carbocycles. The fourth-order valence-electron chi connectivity index (χ4n) is 3.70. The highest BCUT2D eigenvalue weighted by Crippen LogP contribution is 2.24. The summed E-state index contributed by atoms with van der Waals surface area (Å²) in [4.78, 5) is 27.5. The van der Waals surface area contributed by atoms with Gasteiger partial charge in [-0.3, -0.25) is 9.59 Å². The molecule has 1 aromatic heterocycles. The molecule has 26 heavy (non-hydrogen) atoms. The lowest BCUT2D eigenvalue weighted by atomic mass is 9.91. The molecule has 0 saturated heterocycles. The van der Waals surface area contributed by atoms with E-state index in [1.54, 1.807) is 0 Å². The van der Waals surface area contributed by atoms with Crippen molar-refractivity contribution in [3.63, 3.8) is 0 Å². The minimum absolute atomic E-state index is 0.0174. The summed E-state index contributed by atoms with van der Waals surface area (Å²) < 4.78 is 0. The van der Waals surface area contributed by atoms with Crippen LogP contribution in [0.4, 0.5) is 0 Å². The summed E-state index contributed by atoms with van der Waals surface area (Å²) >= 11 is 0. The zero-order chi connectivity index (χ0) is 18.7. The van der Waals surface area contributed by atoms with E-state index < -0.39 is 0 Å². The standard InChI is InChI=1S/C20H28N4O2/c1-12-3-4-13(2)19-16(12)11-17(24-19)20(26)23-15-7-5-14(6-8-15)22-18(25)9-10-21/h3-4,11,14-15,24H,5-10,21H2,1-2H3,(H,22,25)(H,23,26). The SMILES string of the molecule is Cc1ccc(C)c2[nH]c(C(=O)NC3CCC(NC(=O)CCN)CC3)cc12. The summed E-state index contributed by atoms with van der Waals surface area (Å²) in [6, 6.07) is 6.43. The van der Waals surface area contributed by atoms with Crippen molar-refractivity contribution in [3.05, 3.63) is 35.0 Å². The van der Waals surface area contributed by atoms with Gasteiger partial charge in [-0.15, -0.1) is 0 Å². The minimum Gasteiger partial charge on any atom is -0.353 e. The number of carbonyl (C=O) groups is 2. The molecule has 5 N–H and O–H groups in total. The number of H-pyrrole nitrogens is 1. The van der Waals surface area contributed by atoms with Crippen LogP contribution in [0.2, 0.25) is 0 Å². The average Bonchev–Trinajstić information content (AvgIpc) is 3.07. The van der Waals surface area contributed by atoms with Gasteiger partial charge in [0.25, 0.3) is 5.91 Å². The highest BCUT2D eigenvalue weighted by molar-refractivity contribution is 5.99. The van der Waals surface area contributed by atoms with E-state index in [0.717, 1.165) is 47.7 Å².